The quantitative estimate of drug-likeness (QED) is 0.894. The molecule has 4 rings (SSSR count). The molecule has 1 aliphatic heterocycles. The number of ether oxygens (including phenoxy) is 1. The van der Waals surface area contributed by atoms with E-state index in [9.17, 15) is 4.79 Å². The summed E-state index contributed by atoms with van der Waals surface area (Å²) in [7, 11) is 0. The average Bonchev–Trinajstić information content (AvgIpc) is 3.07. The first kappa shape index (κ1) is 16.3. The van der Waals surface area contributed by atoms with Crippen molar-refractivity contribution in [2.75, 3.05) is 11.9 Å². The third kappa shape index (κ3) is 2.74. The Hall–Kier alpha value is -2.21. The van der Waals surface area contributed by atoms with Crippen LogP contribution in [-0.2, 0) is 11.2 Å². The first-order valence-corrected chi connectivity index (χ1v) is 8.94. The highest BCUT2D eigenvalue weighted by Gasteiger charge is 2.59. The van der Waals surface area contributed by atoms with E-state index in [0.717, 1.165) is 36.5 Å². The minimum absolute atomic E-state index is 0.115. The Balaban J connectivity index is 1.53. The normalized spacial score (nSPS) is 26.8. The van der Waals surface area contributed by atoms with E-state index in [2.05, 4.69) is 34.1 Å². The molecule has 6 heteroatoms. The van der Waals surface area contributed by atoms with E-state index in [1.807, 2.05) is 19.1 Å². The molecule has 2 aromatic heterocycles. The maximum absolute atomic E-state index is 11.7. The molecule has 6 nitrogen and oxygen atoms in total. The van der Waals surface area contributed by atoms with Crippen molar-refractivity contribution in [3.63, 3.8) is 0 Å². The molecular weight excluding hydrogens is 316 g/mol. The highest BCUT2D eigenvalue weighted by atomic mass is 16.5. The molecule has 0 unspecified atom stereocenters. The van der Waals surface area contributed by atoms with Crippen LogP contribution in [-0.4, -0.2) is 33.7 Å². The molecule has 132 valence electrons. The summed E-state index contributed by atoms with van der Waals surface area (Å²) in [5.74, 6) is 1.98. The predicted molar refractivity (Wildman–Crippen MR) is 96.5 cm³/mol. The molecule has 1 aliphatic carbocycles. The number of anilines is 1. The van der Waals surface area contributed by atoms with E-state index < -0.39 is 0 Å². The van der Waals surface area contributed by atoms with Gasteiger partial charge in [0.1, 0.15) is 11.6 Å². The number of fused-ring (bicyclic) bond motifs is 1. The number of pyridine rings is 1. The van der Waals surface area contributed by atoms with E-state index in [4.69, 9.17) is 4.74 Å². The molecule has 2 N–H and O–H groups in total. The fourth-order valence-electron chi connectivity index (χ4n) is 4.22. The molecule has 1 saturated carbocycles. The van der Waals surface area contributed by atoms with Gasteiger partial charge in [-0.05, 0) is 25.0 Å². The summed E-state index contributed by atoms with van der Waals surface area (Å²) < 4.78 is 5.84. The number of aromatic amines is 1. The highest BCUT2D eigenvalue weighted by molar-refractivity contribution is 5.56. The average molecular weight is 340 g/mol. The SMILES string of the molecule is CCc1cc(=O)[nH]c(-c2ccc(N[C@@H]3[C@H]4CCO[C@@H]4C3(C)C)nc2)n1. The third-order valence-electron chi connectivity index (χ3n) is 5.60. The Morgan fingerprint density at radius 1 is 1.40 bits per heavy atom. The Labute approximate surface area is 147 Å². The number of hydrogen-bond donors (Lipinski definition) is 2. The van der Waals surface area contributed by atoms with Crippen LogP contribution in [0.5, 0.6) is 0 Å². The van der Waals surface area contributed by atoms with Gasteiger partial charge in [-0.25, -0.2) is 9.97 Å². The molecule has 0 aromatic carbocycles. The number of nitrogens with zero attached hydrogens (tertiary/aromatic N) is 2. The van der Waals surface area contributed by atoms with Crippen molar-refractivity contribution < 1.29 is 4.74 Å². The van der Waals surface area contributed by atoms with Gasteiger partial charge < -0.3 is 15.0 Å². The lowest BCUT2D eigenvalue weighted by molar-refractivity contribution is -0.0924. The molecule has 0 bridgehead atoms. The van der Waals surface area contributed by atoms with Crippen LogP contribution in [0.2, 0.25) is 0 Å². The second kappa shape index (κ2) is 5.95. The predicted octanol–water partition coefficient (Wildman–Crippen LogP) is 2.62. The van der Waals surface area contributed by atoms with Gasteiger partial charge in [-0.2, -0.15) is 0 Å². The van der Waals surface area contributed by atoms with Crippen LogP contribution >= 0.6 is 0 Å². The van der Waals surface area contributed by atoms with Crippen molar-refractivity contribution in [1.29, 1.82) is 0 Å². The van der Waals surface area contributed by atoms with Gasteiger partial charge in [0.25, 0.3) is 5.56 Å². The smallest absolute Gasteiger partial charge is 0.251 e. The van der Waals surface area contributed by atoms with Crippen LogP contribution < -0.4 is 10.9 Å². The van der Waals surface area contributed by atoms with Crippen molar-refractivity contribution in [3.05, 3.63) is 40.4 Å². The minimum atomic E-state index is -0.132. The lowest BCUT2D eigenvalue weighted by Gasteiger charge is -2.54. The number of H-pyrrole nitrogens is 1. The monoisotopic (exact) mass is 340 g/mol. The summed E-state index contributed by atoms with van der Waals surface area (Å²) in [5, 5.41) is 3.57. The first-order valence-electron chi connectivity index (χ1n) is 8.94. The lowest BCUT2D eigenvalue weighted by Crippen LogP contribution is -2.63. The van der Waals surface area contributed by atoms with E-state index in [1.54, 1.807) is 6.20 Å². The lowest BCUT2D eigenvalue weighted by atomic mass is 9.57. The molecular formula is C19H24N4O2. The third-order valence-corrected chi connectivity index (χ3v) is 5.60. The largest absolute Gasteiger partial charge is 0.377 e. The molecule has 0 radical (unpaired) electrons. The van der Waals surface area contributed by atoms with E-state index >= 15 is 0 Å². The first-order chi connectivity index (χ1) is 12.0. The van der Waals surface area contributed by atoms with Crippen LogP contribution in [0.25, 0.3) is 11.4 Å². The van der Waals surface area contributed by atoms with Crippen molar-refractivity contribution >= 4 is 5.82 Å². The van der Waals surface area contributed by atoms with Crippen molar-refractivity contribution in [3.8, 4) is 11.4 Å². The van der Waals surface area contributed by atoms with Crippen LogP contribution in [0.3, 0.4) is 0 Å². The molecule has 2 aliphatic rings. The molecule has 0 amide bonds. The standard InChI is InChI=1S/C19H24N4O2/c1-4-12-9-15(24)23-18(21-12)11-5-6-14(20-10-11)22-16-13-7-8-25-17(13)19(16,2)3/h5-6,9-10,13,16-17H,4,7-8H2,1-3H3,(H,20,22)(H,21,23,24)/t13-,16-,17+/m1/s1. The Morgan fingerprint density at radius 2 is 2.24 bits per heavy atom. The van der Waals surface area contributed by atoms with Gasteiger partial charge in [0.15, 0.2) is 0 Å². The zero-order valence-electron chi connectivity index (χ0n) is 14.9. The van der Waals surface area contributed by atoms with Gasteiger partial charge in [-0.1, -0.05) is 20.8 Å². The van der Waals surface area contributed by atoms with Gasteiger partial charge in [0.2, 0.25) is 0 Å². The van der Waals surface area contributed by atoms with E-state index in [-0.39, 0.29) is 11.0 Å². The summed E-state index contributed by atoms with van der Waals surface area (Å²) >= 11 is 0. The molecule has 25 heavy (non-hydrogen) atoms. The number of nitrogens with one attached hydrogen (secondary N) is 2. The molecule has 3 atom stereocenters. The van der Waals surface area contributed by atoms with Gasteiger partial charge in [0, 0.05) is 47.5 Å². The number of aryl methyl sites for hydroxylation is 1. The molecule has 3 heterocycles. The van der Waals surface area contributed by atoms with Crippen molar-refractivity contribution in [2.45, 2.75) is 45.8 Å². The molecule has 2 aromatic rings. The number of rotatable bonds is 4. The molecule has 0 spiro atoms. The van der Waals surface area contributed by atoms with Crippen LogP contribution in [0.1, 0.15) is 32.9 Å². The maximum atomic E-state index is 11.7. The van der Waals surface area contributed by atoms with Crippen LogP contribution in [0.4, 0.5) is 5.82 Å². The number of hydrogen-bond acceptors (Lipinski definition) is 5. The summed E-state index contributed by atoms with van der Waals surface area (Å²) in [5.41, 5.74) is 1.58. The Bertz CT molecular complexity index is 828. The summed E-state index contributed by atoms with van der Waals surface area (Å²) in [6.07, 6.45) is 3.95. The van der Waals surface area contributed by atoms with Crippen molar-refractivity contribution in [1.82, 2.24) is 15.0 Å². The highest BCUT2D eigenvalue weighted by Crippen LogP contribution is 2.53. The van der Waals surface area contributed by atoms with Gasteiger partial charge in [-0.3, -0.25) is 4.79 Å². The fourth-order valence-corrected chi connectivity index (χ4v) is 4.22. The zero-order valence-corrected chi connectivity index (χ0v) is 14.9. The van der Waals surface area contributed by atoms with E-state index in [0.29, 0.717) is 23.9 Å². The summed E-state index contributed by atoms with van der Waals surface area (Å²) in [6, 6.07) is 5.81. The van der Waals surface area contributed by atoms with Crippen LogP contribution in [0.15, 0.2) is 29.2 Å². The van der Waals surface area contributed by atoms with Crippen molar-refractivity contribution in [2.24, 2.45) is 11.3 Å². The Kier molecular flexibility index (Phi) is 3.87. The van der Waals surface area contributed by atoms with Gasteiger partial charge >= 0.3 is 0 Å². The van der Waals surface area contributed by atoms with Gasteiger partial charge in [-0.15, -0.1) is 0 Å². The second-order valence-electron chi connectivity index (χ2n) is 7.56. The maximum Gasteiger partial charge on any atom is 0.251 e. The molecule has 1 saturated heterocycles. The Morgan fingerprint density at radius 3 is 2.96 bits per heavy atom. The zero-order chi connectivity index (χ0) is 17.6. The topological polar surface area (TPSA) is 79.9 Å². The minimum Gasteiger partial charge on any atom is -0.377 e. The summed E-state index contributed by atoms with van der Waals surface area (Å²) in [4.78, 5) is 23.5. The van der Waals surface area contributed by atoms with Gasteiger partial charge in [0.05, 0.1) is 6.10 Å². The van der Waals surface area contributed by atoms with E-state index in [1.165, 1.54) is 6.07 Å². The fraction of sp³-hybridized carbons (Fsp3) is 0.526. The second-order valence-corrected chi connectivity index (χ2v) is 7.56. The number of aromatic nitrogens is 3. The van der Waals surface area contributed by atoms with Crippen LogP contribution in [0, 0.1) is 11.3 Å². The summed E-state index contributed by atoms with van der Waals surface area (Å²) in [6.45, 7) is 7.33. The molecule has 2 fully saturated rings.